The molecule has 0 radical (unpaired) electrons. The smallest absolute Gasteiger partial charge is 0.413 e. The van der Waals surface area contributed by atoms with E-state index in [1.807, 2.05) is 6.92 Å². The molecule has 41 heavy (non-hydrogen) atoms. The number of nitrogens with one attached hydrogen (secondary N) is 1. The maximum absolute atomic E-state index is 13.7. The molecule has 4 aliphatic rings. The molecule has 230 valence electrons. The van der Waals surface area contributed by atoms with Crippen molar-refractivity contribution >= 4 is 25.1 Å². The fourth-order valence-corrected chi connectivity index (χ4v) is 11.1. The number of hydrogen-bond acceptors (Lipinski definition) is 5. The second kappa shape index (κ2) is 13.4. The summed E-state index contributed by atoms with van der Waals surface area (Å²) in [5, 5.41) is 3.32. The normalized spacial score (nSPS) is 36.0. The third kappa shape index (κ3) is 6.93. The zero-order valence-electron chi connectivity index (χ0n) is 25.4. The molecule has 8 atom stereocenters. The first-order valence-electron chi connectivity index (χ1n) is 16.2. The van der Waals surface area contributed by atoms with Gasteiger partial charge in [0.15, 0.2) is 5.78 Å². The van der Waals surface area contributed by atoms with Gasteiger partial charge in [-0.3, -0.25) is 9.32 Å². The number of ketones is 1. The monoisotopic (exact) mass is 607 g/mol. The Morgan fingerprint density at radius 3 is 2.56 bits per heavy atom. The van der Waals surface area contributed by atoms with Crippen LogP contribution in [0.2, 0.25) is 5.02 Å². The van der Waals surface area contributed by atoms with Crippen molar-refractivity contribution in [2.24, 2.45) is 40.4 Å². The van der Waals surface area contributed by atoms with Gasteiger partial charge >= 0.3 is 7.75 Å². The van der Waals surface area contributed by atoms with Crippen LogP contribution >= 0.6 is 19.3 Å². The Hall–Kier alpha value is -0.910. The summed E-state index contributed by atoms with van der Waals surface area (Å²) in [4.78, 5) is 12.2. The molecule has 5 rings (SSSR count). The van der Waals surface area contributed by atoms with Crippen molar-refractivity contribution in [2.75, 3.05) is 26.4 Å². The summed E-state index contributed by atoms with van der Waals surface area (Å²) >= 11 is 6.00. The first-order valence-corrected chi connectivity index (χ1v) is 18.1. The fraction of sp³-hybridized carbons (Fsp3) is 0.788. The third-order valence-corrected chi connectivity index (χ3v) is 13.5. The summed E-state index contributed by atoms with van der Waals surface area (Å²) in [5.41, 5.74) is 0.989. The Morgan fingerprint density at radius 1 is 1.00 bits per heavy atom. The van der Waals surface area contributed by atoms with Gasteiger partial charge in [-0.05, 0) is 136 Å². The van der Waals surface area contributed by atoms with Gasteiger partial charge in [-0.15, -0.1) is 0 Å². The van der Waals surface area contributed by atoms with Crippen LogP contribution in [0.5, 0.6) is 5.75 Å². The fourth-order valence-electron chi connectivity index (χ4n) is 9.58. The maximum Gasteiger partial charge on any atom is 0.459 e. The number of Topliss-reactive ketones (excluding diaryl/α,β-unsaturated/α-hetero) is 1. The highest BCUT2D eigenvalue weighted by molar-refractivity contribution is 7.52. The number of ether oxygens (including phenoxy) is 1. The summed E-state index contributed by atoms with van der Waals surface area (Å²) in [5.74, 6) is 4.51. The predicted octanol–water partition coefficient (Wildman–Crippen LogP) is 8.87. The van der Waals surface area contributed by atoms with Crippen molar-refractivity contribution in [2.45, 2.75) is 97.8 Å². The molecule has 0 aliphatic heterocycles. The van der Waals surface area contributed by atoms with Crippen molar-refractivity contribution in [1.29, 1.82) is 0 Å². The van der Waals surface area contributed by atoms with Crippen molar-refractivity contribution in [3.8, 4) is 5.75 Å². The van der Waals surface area contributed by atoms with E-state index < -0.39 is 7.75 Å². The summed E-state index contributed by atoms with van der Waals surface area (Å²) in [6.07, 6.45) is 16.0. The Bertz CT molecular complexity index is 1080. The van der Waals surface area contributed by atoms with Crippen LogP contribution in [0.15, 0.2) is 24.3 Å². The molecule has 1 aromatic carbocycles. The number of hydrogen-bond donors (Lipinski definition) is 1. The largest absolute Gasteiger partial charge is 0.459 e. The lowest BCUT2D eigenvalue weighted by Gasteiger charge is -2.60. The van der Waals surface area contributed by atoms with Crippen LogP contribution in [0.4, 0.5) is 0 Å². The van der Waals surface area contributed by atoms with E-state index in [-0.39, 0.29) is 18.9 Å². The van der Waals surface area contributed by atoms with E-state index in [1.165, 1.54) is 64.2 Å². The van der Waals surface area contributed by atoms with Crippen LogP contribution in [-0.4, -0.2) is 32.1 Å². The average Bonchev–Trinajstić information content (AvgIpc) is 3.30. The minimum atomic E-state index is -3.76. The third-order valence-electron chi connectivity index (χ3n) is 11.7. The number of benzene rings is 1. The van der Waals surface area contributed by atoms with Crippen LogP contribution in [0.3, 0.4) is 0 Å². The highest BCUT2D eigenvalue weighted by Crippen LogP contribution is 2.68. The van der Waals surface area contributed by atoms with E-state index in [9.17, 15) is 9.36 Å². The molecule has 6 nitrogen and oxygen atoms in total. The Balaban J connectivity index is 1.16. The van der Waals surface area contributed by atoms with Gasteiger partial charge in [0.05, 0.1) is 13.2 Å². The molecule has 8 unspecified atom stereocenters. The highest BCUT2D eigenvalue weighted by Gasteiger charge is 2.59. The SMILES string of the molecule is CCOCC(=O)CNP(=O)(OCCCC1CCC2C3CCC4CCCCC4(C)C3CCC12C)Oc1ccc(Cl)cc1. The molecule has 8 heteroatoms. The van der Waals surface area contributed by atoms with E-state index in [4.69, 9.17) is 25.4 Å². The second-order valence-electron chi connectivity index (χ2n) is 13.8. The van der Waals surface area contributed by atoms with Gasteiger partial charge in [0.1, 0.15) is 12.4 Å². The average molecular weight is 608 g/mol. The first-order chi connectivity index (χ1) is 19.7. The lowest BCUT2D eigenvalue weighted by molar-refractivity contribution is -0.122. The van der Waals surface area contributed by atoms with Crippen molar-refractivity contribution < 1.29 is 23.1 Å². The van der Waals surface area contributed by atoms with Crippen molar-refractivity contribution in [3.63, 3.8) is 0 Å². The lowest BCUT2D eigenvalue weighted by Crippen LogP contribution is -2.52. The van der Waals surface area contributed by atoms with E-state index in [1.54, 1.807) is 24.3 Å². The summed E-state index contributed by atoms with van der Waals surface area (Å²) in [6.45, 7) is 7.66. The van der Waals surface area contributed by atoms with Gasteiger partial charge in [-0.1, -0.05) is 38.3 Å². The minimum Gasteiger partial charge on any atom is -0.413 e. The van der Waals surface area contributed by atoms with E-state index >= 15 is 0 Å². The summed E-state index contributed by atoms with van der Waals surface area (Å²) in [7, 11) is -3.76. The number of fused-ring (bicyclic) bond motifs is 5. The molecule has 4 saturated carbocycles. The number of carbonyl (C=O) groups excluding carboxylic acids is 1. The lowest BCUT2D eigenvalue weighted by atomic mass is 9.45. The van der Waals surface area contributed by atoms with Gasteiger partial charge in [0.2, 0.25) is 0 Å². The van der Waals surface area contributed by atoms with Crippen LogP contribution in [0, 0.1) is 40.4 Å². The van der Waals surface area contributed by atoms with Crippen LogP contribution in [0.1, 0.15) is 97.8 Å². The zero-order chi connectivity index (χ0) is 29.1. The minimum absolute atomic E-state index is 0.0342. The second-order valence-corrected chi connectivity index (χ2v) is 15.9. The van der Waals surface area contributed by atoms with Crippen molar-refractivity contribution in [3.05, 3.63) is 29.3 Å². The quantitative estimate of drug-likeness (QED) is 0.178. The molecular weight excluding hydrogens is 557 g/mol. The molecule has 1 aromatic rings. The molecular formula is C33H51ClNO5P. The standard InChI is InChI=1S/C33H51ClNO5P/c1-4-38-23-27(36)22-35-41(37,40-28-14-12-26(34)13-15-28)39-21-7-9-25-11-17-30-29-16-10-24-8-5-6-19-32(24,2)31(29)18-20-33(25,30)3/h12-15,24-25,29-31H,4-11,16-23H2,1-3H3,(H,35,37). The number of carbonyl (C=O) groups is 1. The summed E-state index contributed by atoms with van der Waals surface area (Å²) < 4.78 is 30.5. The molecule has 0 bridgehead atoms. The van der Waals surface area contributed by atoms with Crippen LogP contribution in [0.25, 0.3) is 0 Å². The van der Waals surface area contributed by atoms with Gasteiger partial charge in [-0.25, -0.2) is 9.65 Å². The zero-order valence-corrected chi connectivity index (χ0v) is 27.0. The van der Waals surface area contributed by atoms with Gasteiger partial charge < -0.3 is 9.26 Å². The molecule has 4 aliphatic carbocycles. The number of halogens is 1. The van der Waals surface area contributed by atoms with E-state index in [2.05, 4.69) is 18.9 Å². The molecule has 0 aromatic heterocycles. The predicted molar refractivity (Wildman–Crippen MR) is 164 cm³/mol. The topological polar surface area (TPSA) is 73.9 Å². The van der Waals surface area contributed by atoms with Gasteiger partial charge in [-0.2, -0.15) is 0 Å². The van der Waals surface area contributed by atoms with E-state index in [0.29, 0.717) is 40.7 Å². The Kier molecular flexibility index (Phi) is 10.3. The highest BCUT2D eigenvalue weighted by atomic mass is 35.5. The molecule has 0 spiro atoms. The molecule has 0 saturated heterocycles. The van der Waals surface area contributed by atoms with Crippen molar-refractivity contribution in [1.82, 2.24) is 5.09 Å². The summed E-state index contributed by atoms with van der Waals surface area (Å²) in [6, 6.07) is 6.65. The van der Waals surface area contributed by atoms with E-state index in [0.717, 1.165) is 36.5 Å². The van der Waals surface area contributed by atoms with Crippen LogP contribution < -0.4 is 9.61 Å². The first kappa shape index (κ1) is 31.5. The Labute approximate surface area is 252 Å². The molecule has 4 fully saturated rings. The number of rotatable bonds is 13. The van der Waals surface area contributed by atoms with Gasteiger partial charge in [0, 0.05) is 11.6 Å². The molecule has 0 amide bonds. The molecule has 0 heterocycles. The molecule has 1 N–H and O–H groups in total. The Morgan fingerprint density at radius 2 is 1.78 bits per heavy atom. The van der Waals surface area contributed by atoms with Crippen LogP contribution in [-0.2, 0) is 18.6 Å². The maximum atomic E-state index is 13.7. The van der Waals surface area contributed by atoms with Gasteiger partial charge in [0.25, 0.3) is 0 Å².